The van der Waals surface area contributed by atoms with Crippen LogP contribution in [0.1, 0.15) is 41.1 Å². The highest BCUT2D eigenvalue weighted by molar-refractivity contribution is 9.10. The van der Waals surface area contributed by atoms with E-state index in [4.69, 9.17) is 14.5 Å². The van der Waals surface area contributed by atoms with E-state index in [0.717, 1.165) is 10.0 Å². The number of ether oxygens (including phenoxy) is 2. The lowest BCUT2D eigenvalue weighted by Crippen LogP contribution is -2.38. The fraction of sp³-hybridized carbons (Fsp3) is 0.182. The minimum absolute atomic E-state index is 0.193. The standard InChI is InChI=1S/C33H30BrN3O4/c1-4-30(31-35-29-13-9-8-12-28(29)33(39)37(31)25-16-14-24(34)15-17-25)36(21-22-10-6-5-7-11-22)32(38)23-18-26(40-2)20-27(19-23)41-3/h5-20,30H,4,21H2,1-3H3. The van der Waals surface area contributed by atoms with E-state index in [1.165, 1.54) is 0 Å². The number of hydrogen-bond acceptors (Lipinski definition) is 5. The molecule has 0 fully saturated rings. The van der Waals surface area contributed by atoms with Crippen molar-refractivity contribution in [3.8, 4) is 17.2 Å². The van der Waals surface area contributed by atoms with Gasteiger partial charge in [0.25, 0.3) is 11.5 Å². The topological polar surface area (TPSA) is 73.7 Å². The predicted molar refractivity (Wildman–Crippen MR) is 164 cm³/mol. The van der Waals surface area contributed by atoms with E-state index in [0.29, 0.717) is 52.4 Å². The van der Waals surface area contributed by atoms with Crippen LogP contribution in [0.15, 0.2) is 106 Å². The summed E-state index contributed by atoms with van der Waals surface area (Å²) in [6.07, 6.45) is 0.515. The molecule has 1 amide bonds. The highest BCUT2D eigenvalue weighted by atomic mass is 79.9. The van der Waals surface area contributed by atoms with Gasteiger partial charge in [-0.3, -0.25) is 14.2 Å². The summed E-state index contributed by atoms with van der Waals surface area (Å²) in [7, 11) is 3.10. The van der Waals surface area contributed by atoms with Crippen LogP contribution in [0.3, 0.4) is 0 Å². The summed E-state index contributed by atoms with van der Waals surface area (Å²) in [5.74, 6) is 1.27. The van der Waals surface area contributed by atoms with Crippen LogP contribution in [0.25, 0.3) is 16.6 Å². The van der Waals surface area contributed by atoms with Crippen LogP contribution in [-0.4, -0.2) is 34.6 Å². The predicted octanol–water partition coefficient (Wildman–Crippen LogP) is 6.96. The monoisotopic (exact) mass is 611 g/mol. The second-order valence-electron chi connectivity index (χ2n) is 9.55. The molecule has 41 heavy (non-hydrogen) atoms. The quantitative estimate of drug-likeness (QED) is 0.180. The van der Waals surface area contributed by atoms with Gasteiger partial charge in [-0.25, -0.2) is 4.98 Å². The number of nitrogens with zero attached hydrogens (tertiary/aromatic N) is 3. The van der Waals surface area contributed by atoms with E-state index < -0.39 is 6.04 Å². The lowest BCUT2D eigenvalue weighted by Gasteiger charge is -2.33. The summed E-state index contributed by atoms with van der Waals surface area (Å²) in [5, 5.41) is 0.507. The Morgan fingerprint density at radius 2 is 1.54 bits per heavy atom. The number of aromatic nitrogens is 2. The minimum Gasteiger partial charge on any atom is -0.497 e. The third-order valence-corrected chi connectivity index (χ3v) is 7.53. The number of hydrogen-bond donors (Lipinski definition) is 0. The Bertz CT molecular complexity index is 1710. The molecular weight excluding hydrogens is 582 g/mol. The number of carbonyl (C=O) groups excluding carboxylic acids is 1. The summed E-state index contributed by atoms with van der Waals surface area (Å²) < 4.78 is 13.4. The first-order valence-electron chi connectivity index (χ1n) is 13.3. The van der Waals surface area contributed by atoms with E-state index >= 15 is 0 Å². The van der Waals surface area contributed by atoms with Crippen molar-refractivity contribution in [2.75, 3.05) is 14.2 Å². The number of amides is 1. The van der Waals surface area contributed by atoms with Gasteiger partial charge in [-0.1, -0.05) is 65.3 Å². The van der Waals surface area contributed by atoms with Crippen molar-refractivity contribution in [1.82, 2.24) is 14.5 Å². The maximum absolute atomic E-state index is 14.4. The van der Waals surface area contributed by atoms with Crippen LogP contribution in [0, 0.1) is 0 Å². The molecule has 1 heterocycles. The lowest BCUT2D eigenvalue weighted by atomic mass is 10.1. The van der Waals surface area contributed by atoms with Gasteiger partial charge in [0.1, 0.15) is 17.3 Å². The minimum atomic E-state index is -0.541. The van der Waals surface area contributed by atoms with E-state index in [1.807, 2.05) is 79.7 Å². The molecule has 0 aliphatic heterocycles. The van der Waals surface area contributed by atoms with Crippen LogP contribution in [0.2, 0.25) is 0 Å². The van der Waals surface area contributed by atoms with Gasteiger partial charge in [0.15, 0.2) is 0 Å². The summed E-state index contributed by atoms with van der Waals surface area (Å²) in [6.45, 7) is 2.30. The molecule has 1 atom stereocenters. The Morgan fingerprint density at radius 3 is 2.17 bits per heavy atom. The van der Waals surface area contributed by atoms with Crippen LogP contribution in [-0.2, 0) is 6.54 Å². The maximum atomic E-state index is 14.4. The molecule has 4 aromatic carbocycles. The molecule has 0 N–H and O–H groups in total. The maximum Gasteiger partial charge on any atom is 0.266 e. The highest BCUT2D eigenvalue weighted by Crippen LogP contribution is 2.31. The van der Waals surface area contributed by atoms with Crippen molar-refractivity contribution in [3.63, 3.8) is 0 Å². The summed E-state index contributed by atoms with van der Waals surface area (Å²) in [6, 6.07) is 29.2. The normalized spacial score (nSPS) is 11.7. The number of carbonyl (C=O) groups is 1. The zero-order valence-corrected chi connectivity index (χ0v) is 24.7. The zero-order valence-electron chi connectivity index (χ0n) is 23.1. The highest BCUT2D eigenvalue weighted by Gasteiger charge is 2.30. The largest absolute Gasteiger partial charge is 0.497 e. The smallest absolute Gasteiger partial charge is 0.266 e. The Labute approximate surface area is 247 Å². The van der Waals surface area contributed by atoms with Crippen LogP contribution >= 0.6 is 15.9 Å². The molecule has 0 radical (unpaired) electrons. The average Bonchev–Trinajstić information content (AvgIpc) is 3.01. The molecule has 0 spiro atoms. The van der Waals surface area contributed by atoms with Crippen molar-refractivity contribution in [2.45, 2.75) is 25.9 Å². The van der Waals surface area contributed by atoms with Crippen LogP contribution < -0.4 is 15.0 Å². The Hall–Kier alpha value is -4.43. The molecule has 0 aliphatic carbocycles. The molecule has 0 saturated carbocycles. The van der Waals surface area contributed by atoms with Crippen molar-refractivity contribution in [2.24, 2.45) is 0 Å². The van der Waals surface area contributed by atoms with E-state index in [1.54, 1.807) is 48.0 Å². The molecule has 0 aliphatic rings. The fourth-order valence-corrected chi connectivity index (χ4v) is 5.22. The van der Waals surface area contributed by atoms with Gasteiger partial charge in [0.05, 0.1) is 36.9 Å². The third-order valence-electron chi connectivity index (χ3n) is 7.00. The number of methoxy groups -OCH3 is 2. The summed E-state index contributed by atoms with van der Waals surface area (Å²) in [4.78, 5) is 35.2. The Morgan fingerprint density at radius 1 is 0.902 bits per heavy atom. The van der Waals surface area contributed by atoms with Crippen LogP contribution in [0.5, 0.6) is 11.5 Å². The second kappa shape index (κ2) is 12.4. The van der Waals surface area contributed by atoms with Gasteiger partial charge in [0.2, 0.25) is 0 Å². The van der Waals surface area contributed by atoms with E-state index in [9.17, 15) is 9.59 Å². The molecular formula is C33H30BrN3O4. The van der Waals surface area contributed by atoms with Crippen molar-refractivity contribution in [1.29, 1.82) is 0 Å². The van der Waals surface area contributed by atoms with Crippen molar-refractivity contribution >= 4 is 32.7 Å². The molecule has 1 unspecified atom stereocenters. The molecule has 5 aromatic rings. The van der Waals surface area contributed by atoms with Gasteiger partial charge >= 0.3 is 0 Å². The fourth-order valence-electron chi connectivity index (χ4n) is 4.96. The molecule has 0 saturated heterocycles. The molecule has 5 rings (SSSR count). The Kier molecular flexibility index (Phi) is 8.50. The van der Waals surface area contributed by atoms with Gasteiger partial charge in [-0.05, 0) is 60.5 Å². The molecule has 208 valence electrons. The van der Waals surface area contributed by atoms with Crippen molar-refractivity contribution in [3.05, 3.63) is 129 Å². The summed E-state index contributed by atoms with van der Waals surface area (Å²) >= 11 is 3.49. The van der Waals surface area contributed by atoms with Gasteiger partial charge in [-0.2, -0.15) is 0 Å². The van der Waals surface area contributed by atoms with E-state index in [2.05, 4.69) is 15.9 Å². The second-order valence-corrected chi connectivity index (χ2v) is 10.5. The van der Waals surface area contributed by atoms with Crippen molar-refractivity contribution < 1.29 is 14.3 Å². The van der Waals surface area contributed by atoms with Gasteiger partial charge in [-0.15, -0.1) is 0 Å². The number of fused-ring (bicyclic) bond motifs is 1. The first-order chi connectivity index (χ1) is 19.9. The molecule has 0 bridgehead atoms. The number of para-hydroxylation sites is 1. The summed E-state index contributed by atoms with van der Waals surface area (Å²) in [5.41, 5.74) is 2.41. The number of rotatable bonds is 9. The molecule has 1 aromatic heterocycles. The molecule has 8 heteroatoms. The first-order valence-corrected chi connectivity index (χ1v) is 14.1. The first kappa shape index (κ1) is 28.1. The van der Waals surface area contributed by atoms with Crippen LogP contribution in [0.4, 0.5) is 0 Å². The SMILES string of the molecule is CCC(c1nc2ccccc2c(=O)n1-c1ccc(Br)cc1)N(Cc1ccccc1)C(=O)c1cc(OC)cc(OC)c1. The van der Waals surface area contributed by atoms with Gasteiger partial charge < -0.3 is 14.4 Å². The third kappa shape index (κ3) is 5.88. The lowest BCUT2D eigenvalue weighted by molar-refractivity contribution is 0.0640. The zero-order chi connectivity index (χ0) is 28.9. The average molecular weight is 613 g/mol. The van der Waals surface area contributed by atoms with E-state index in [-0.39, 0.29) is 11.5 Å². The van der Waals surface area contributed by atoms with Gasteiger partial charge in [0, 0.05) is 22.6 Å². The Balaban J connectivity index is 1.74. The number of halogens is 1. The number of benzene rings is 4. The molecule has 7 nitrogen and oxygen atoms in total.